The van der Waals surface area contributed by atoms with E-state index in [2.05, 4.69) is 28.0 Å². The van der Waals surface area contributed by atoms with Gasteiger partial charge in [-0.3, -0.25) is 9.79 Å². The zero-order valence-corrected chi connectivity index (χ0v) is 19.0. The first-order valence-electron chi connectivity index (χ1n) is 10.8. The molecule has 0 bridgehead atoms. The molecule has 0 aromatic heterocycles. The van der Waals surface area contributed by atoms with Gasteiger partial charge in [0.15, 0.2) is 0 Å². The highest BCUT2D eigenvalue weighted by Crippen LogP contribution is 2.36. The van der Waals surface area contributed by atoms with Crippen LogP contribution in [0.5, 0.6) is 5.75 Å². The maximum absolute atomic E-state index is 12.7. The largest absolute Gasteiger partial charge is 0.497 e. The molecule has 0 spiro atoms. The second kappa shape index (κ2) is 9.87. The van der Waals surface area contributed by atoms with Crippen LogP contribution in [-0.4, -0.2) is 50.2 Å². The molecule has 2 aromatic rings. The average Bonchev–Trinajstić information content (AvgIpc) is 3.12. The van der Waals surface area contributed by atoms with Crippen molar-refractivity contribution >= 4 is 28.9 Å². The number of ether oxygens (including phenoxy) is 1. The van der Waals surface area contributed by atoms with Crippen LogP contribution in [0.3, 0.4) is 0 Å². The number of methoxy groups -OCH3 is 1. The lowest BCUT2D eigenvalue weighted by Crippen LogP contribution is -2.47. The summed E-state index contributed by atoms with van der Waals surface area (Å²) in [6, 6.07) is 13.3. The van der Waals surface area contributed by atoms with Crippen LogP contribution in [0.2, 0.25) is 5.02 Å². The molecular formula is C23H29ClN6O2. The number of amides is 1. The van der Waals surface area contributed by atoms with Crippen LogP contribution < -0.4 is 31.5 Å². The predicted octanol–water partition coefficient (Wildman–Crippen LogP) is 2.01. The first-order valence-corrected chi connectivity index (χ1v) is 11.2. The van der Waals surface area contributed by atoms with E-state index < -0.39 is 0 Å². The molecule has 1 amide bonds. The van der Waals surface area contributed by atoms with Gasteiger partial charge in [0.05, 0.1) is 31.4 Å². The Bertz CT molecular complexity index is 996. The third kappa shape index (κ3) is 4.59. The number of anilines is 1. The molecule has 8 nitrogen and oxygen atoms in total. The summed E-state index contributed by atoms with van der Waals surface area (Å²) in [4.78, 5) is 20.1. The van der Waals surface area contributed by atoms with Crippen molar-refractivity contribution in [2.75, 3.05) is 25.1 Å². The number of rotatable bonds is 7. The number of hydrogen-bond donors (Lipinski definition) is 4. The molecule has 170 valence electrons. The number of nitrogens with one attached hydrogen (secondary N) is 3. The van der Waals surface area contributed by atoms with E-state index >= 15 is 0 Å². The van der Waals surface area contributed by atoms with Gasteiger partial charge in [0.1, 0.15) is 11.9 Å². The Hall–Kier alpha value is -2.65. The average molecular weight is 457 g/mol. The summed E-state index contributed by atoms with van der Waals surface area (Å²) in [6.07, 6.45) is 0.805. The number of fused-ring (bicyclic) bond motifs is 3. The lowest BCUT2D eigenvalue weighted by molar-refractivity contribution is -0.121. The summed E-state index contributed by atoms with van der Waals surface area (Å²) in [6.45, 7) is 3.18. The van der Waals surface area contributed by atoms with Gasteiger partial charge in [0.2, 0.25) is 5.91 Å². The smallest absolute Gasteiger partial charge is 0.222 e. The minimum Gasteiger partial charge on any atom is -0.497 e. The highest BCUT2D eigenvalue weighted by Gasteiger charge is 2.40. The molecule has 2 unspecified atom stereocenters. The second-order valence-corrected chi connectivity index (χ2v) is 8.38. The molecule has 3 atom stereocenters. The Kier molecular flexibility index (Phi) is 6.95. The number of hydrazine groups is 1. The van der Waals surface area contributed by atoms with Crippen molar-refractivity contribution in [1.82, 2.24) is 16.2 Å². The molecule has 0 aliphatic carbocycles. The quantitative estimate of drug-likeness (QED) is 0.475. The molecular weight excluding hydrogens is 428 g/mol. The van der Waals surface area contributed by atoms with E-state index in [0.29, 0.717) is 18.1 Å². The Morgan fingerprint density at radius 1 is 1.25 bits per heavy atom. The molecule has 4 rings (SSSR count). The normalized spacial score (nSPS) is 21.9. The number of carbonyl (C=O) groups excluding carboxylic acids is 1. The fourth-order valence-electron chi connectivity index (χ4n) is 4.18. The van der Waals surface area contributed by atoms with Crippen molar-refractivity contribution in [3.8, 4) is 5.75 Å². The van der Waals surface area contributed by atoms with Gasteiger partial charge in [-0.15, -0.1) is 0 Å². The van der Waals surface area contributed by atoms with E-state index in [9.17, 15) is 4.79 Å². The maximum Gasteiger partial charge on any atom is 0.222 e. The predicted molar refractivity (Wildman–Crippen MR) is 127 cm³/mol. The highest BCUT2D eigenvalue weighted by molar-refractivity contribution is 6.30. The molecule has 2 heterocycles. The topological polar surface area (TPSA) is 104 Å². The SMILES string of the molecule is COc1ccc2c(c1)C(c1ccc(Cl)cc1)=N[C@@H](CC(=O)NCCCN)C1NNC(C)N21. The van der Waals surface area contributed by atoms with E-state index in [-0.39, 0.29) is 30.7 Å². The molecule has 2 aliphatic rings. The molecule has 5 N–H and O–H groups in total. The van der Waals surface area contributed by atoms with Gasteiger partial charge < -0.3 is 20.7 Å². The minimum absolute atomic E-state index is 0.00899. The van der Waals surface area contributed by atoms with E-state index in [1.807, 2.05) is 42.5 Å². The van der Waals surface area contributed by atoms with Crippen LogP contribution in [0, 0.1) is 0 Å². The van der Waals surface area contributed by atoms with Gasteiger partial charge in [-0.25, -0.2) is 10.9 Å². The third-order valence-corrected chi connectivity index (χ3v) is 6.02. The van der Waals surface area contributed by atoms with Gasteiger partial charge in [-0.1, -0.05) is 23.7 Å². The van der Waals surface area contributed by atoms with Gasteiger partial charge in [-0.2, -0.15) is 0 Å². The summed E-state index contributed by atoms with van der Waals surface area (Å²) in [5.74, 6) is 0.695. The van der Waals surface area contributed by atoms with Crippen molar-refractivity contribution in [2.45, 2.75) is 38.1 Å². The lowest BCUT2D eigenvalue weighted by Gasteiger charge is -2.31. The first kappa shape index (κ1) is 22.5. The second-order valence-electron chi connectivity index (χ2n) is 7.95. The van der Waals surface area contributed by atoms with Crippen LogP contribution in [0.15, 0.2) is 47.5 Å². The molecule has 9 heteroatoms. The molecule has 0 saturated carbocycles. The Balaban J connectivity index is 1.79. The fourth-order valence-corrected chi connectivity index (χ4v) is 4.30. The first-order chi connectivity index (χ1) is 15.5. The summed E-state index contributed by atoms with van der Waals surface area (Å²) in [5, 5.41) is 3.61. The number of nitrogens with zero attached hydrogens (tertiary/aromatic N) is 2. The minimum atomic E-state index is -0.325. The van der Waals surface area contributed by atoms with Gasteiger partial charge >= 0.3 is 0 Å². The summed E-state index contributed by atoms with van der Waals surface area (Å²) < 4.78 is 5.51. The fraction of sp³-hybridized carbons (Fsp3) is 0.391. The van der Waals surface area contributed by atoms with Crippen molar-refractivity contribution in [2.24, 2.45) is 10.7 Å². The van der Waals surface area contributed by atoms with Crippen LogP contribution >= 0.6 is 11.6 Å². The van der Waals surface area contributed by atoms with Gasteiger partial charge in [0.25, 0.3) is 0 Å². The standard InChI is InChI=1S/C23H29ClN6O2/c1-14-28-29-23-19(13-21(31)26-11-3-10-25)27-22(15-4-6-16(24)7-5-15)18-12-17(32-2)8-9-20(18)30(14)23/h4-9,12,14,19,23,28-29H,3,10-11,13,25H2,1-2H3,(H,26,31)/t14?,19-,23?/m0/s1. The van der Waals surface area contributed by atoms with Crippen molar-refractivity contribution in [3.05, 3.63) is 58.6 Å². The molecule has 32 heavy (non-hydrogen) atoms. The van der Waals surface area contributed by atoms with Crippen molar-refractivity contribution in [1.29, 1.82) is 0 Å². The number of hydrogen-bond acceptors (Lipinski definition) is 7. The van der Waals surface area contributed by atoms with Crippen molar-refractivity contribution < 1.29 is 9.53 Å². The number of halogens is 1. The van der Waals surface area contributed by atoms with Crippen molar-refractivity contribution in [3.63, 3.8) is 0 Å². The summed E-state index contributed by atoms with van der Waals surface area (Å²) in [7, 11) is 1.65. The number of benzene rings is 2. The van der Waals surface area contributed by atoms with E-state index in [0.717, 1.165) is 34.7 Å². The maximum atomic E-state index is 12.7. The van der Waals surface area contributed by atoms with E-state index in [1.54, 1.807) is 7.11 Å². The number of aliphatic imine (C=N–C) groups is 1. The summed E-state index contributed by atoms with van der Waals surface area (Å²) >= 11 is 6.14. The number of nitrogens with two attached hydrogens (primary N) is 1. The Labute approximate surface area is 193 Å². The number of carbonyl (C=O) groups is 1. The monoisotopic (exact) mass is 456 g/mol. The Morgan fingerprint density at radius 2 is 2.03 bits per heavy atom. The van der Waals surface area contributed by atoms with Crippen LogP contribution in [0.1, 0.15) is 30.9 Å². The third-order valence-electron chi connectivity index (χ3n) is 5.77. The molecule has 2 aromatic carbocycles. The van der Waals surface area contributed by atoms with Crippen LogP contribution in [0.25, 0.3) is 0 Å². The van der Waals surface area contributed by atoms with Gasteiger partial charge in [0, 0.05) is 28.4 Å². The molecule has 1 fully saturated rings. The van der Waals surface area contributed by atoms with E-state index in [1.165, 1.54) is 0 Å². The zero-order valence-electron chi connectivity index (χ0n) is 18.3. The van der Waals surface area contributed by atoms with E-state index in [4.69, 9.17) is 27.1 Å². The zero-order chi connectivity index (χ0) is 22.7. The van der Waals surface area contributed by atoms with Gasteiger partial charge in [-0.05, 0) is 50.2 Å². The van der Waals surface area contributed by atoms with Crippen LogP contribution in [0.4, 0.5) is 5.69 Å². The Morgan fingerprint density at radius 3 is 2.75 bits per heavy atom. The van der Waals surface area contributed by atoms with Crippen LogP contribution in [-0.2, 0) is 4.79 Å². The lowest BCUT2D eigenvalue weighted by atomic mass is 9.99. The molecule has 1 saturated heterocycles. The summed E-state index contributed by atoms with van der Waals surface area (Å²) in [5.41, 5.74) is 15.9. The highest BCUT2D eigenvalue weighted by atomic mass is 35.5. The molecule has 0 radical (unpaired) electrons. The molecule has 2 aliphatic heterocycles.